The van der Waals surface area contributed by atoms with Gasteiger partial charge in [0, 0.05) is 14.8 Å². The Bertz CT molecular complexity index is 459. The number of anilines is 1. The van der Waals surface area contributed by atoms with Crippen molar-refractivity contribution in [3.05, 3.63) is 25.8 Å². The molecule has 0 atom stereocenters. The van der Waals surface area contributed by atoms with Crippen LogP contribution in [0.4, 0.5) is 5.69 Å². The number of amides is 1. The maximum atomic E-state index is 11.3. The summed E-state index contributed by atoms with van der Waals surface area (Å²) in [7, 11) is 0. The van der Waals surface area contributed by atoms with Gasteiger partial charge in [0.1, 0.15) is 0 Å². The summed E-state index contributed by atoms with van der Waals surface area (Å²) in [5.41, 5.74) is 13.0. The highest BCUT2D eigenvalue weighted by Crippen LogP contribution is 2.31. The summed E-state index contributed by atoms with van der Waals surface area (Å²) in [5.74, 6) is -0.614. The zero-order valence-corrected chi connectivity index (χ0v) is 11.6. The predicted octanol–water partition coefficient (Wildman–Crippen LogP) is 1.97. The molecule has 4 nitrogen and oxygen atoms in total. The monoisotopic (exact) mass is 352 g/mol. The Balaban J connectivity index is 3.80. The van der Waals surface area contributed by atoms with Crippen molar-refractivity contribution in [1.82, 2.24) is 0 Å². The number of carbonyl (C=O) groups excluding carboxylic acids is 2. The van der Waals surface area contributed by atoms with Crippen molar-refractivity contribution < 1.29 is 9.59 Å². The molecule has 0 bridgehead atoms. The van der Waals surface area contributed by atoms with Crippen molar-refractivity contribution in [2.24, 2.45) is 5.73 Å². The summed E-state index contributed by atoms with van der Waals surface area (Å²) in [6.07, 6.45) is 0. The first kappa shape index (κ1) is 13.2. The molecule has 0 aromatic heterocycles. The normalized spacial score (nSPS) is 10.2. The van der Waals surface area contributed by atoms with Crippen LogP contribution in [0, 0.1) is 17.4 Å². The molecule has 0 heterocycles. The van der Waals surface area contributed by atoms with Gasteiger partial charge in [-0.25, -0.2) is 0 Å². The first-order valence-electron chi connectivity index (χ1n) is 4.36. The molecule has 0 spiro atoms. The van der Waals surface area contributed by atoms with E-state index in [9.17, 15) is 9.59 Å². The second-order valence-electron chi connectivity index (χ2n) is 3.37. The highest BCUT2D eigenvalue weighted by molar-refractivity contribution is 14.1. The lowest BCUT2D eigenvalue weighted by Gasteiger charge is -2.15. The highest BCUT2D eigenvalue weighted by atomic mass is 127. The minimum atomic E-state index is -0.643. The number of nitrogens with two attached hydrogens (primary N) is 2. The lowest BCUT2D eigenvalue weighted by Crippen LogP contribution is -2.19. The van der Waals surface area contributed by atoms with Crippen LogP contribution in [-0.2, 0) is 0 Å². The van der Waals surface area contributed by atoms with Crippen molar-refractivity contribution in [3.8, 4) is 0 Å². The Hall–Kier alpha value is -0.820. The minimum Gasteiger partial charge on any atom is -0.398 e. The lowest BCUT2D eigenvalue weighted by molar-refractivity contribution is 0.0999. The number of carbonyl (C=O) groups is 2. The topological polar surface area (TPSA) is 86.2 Å². The van der Waals surface area contributed by atoms with Gasteiger partial charge in [0.2, 0.25) is 5.91 Å². The molecule has 6 heteroatoms. The summed E-state index contributed by atoms with van der Waals surface area (Å²) in [6, 6.07) is 0. The summed E-state index contributed by atoms with van der Waals surface area (Å²) < 4.78 is 0.553. The van der Waals surface area contributed by atoms with Crippen LogP contribution in [0.25, 0.3) is 0 Å². The third-order valence-electron chi connectivity index (χ3n) is 2.43. The molecule has 0 radical (unpaired) electrons. The number of hydrogen-bond acceptors (Lipinski definition) is 3. The molecule has 0 aliphatic heterocycles. The van der Waals surface area contributed by atoms with Gasteiger partial charge in [-0.15, -0.1) is 0 Å². The number of benzene rings is 1. The molecular formula is C10H10ClIN2O2. The number of primary amides is 1. The average Bonchev–Trinajstić information content (AvgIpc) is 2.13. The van der Waals surface area contributed by atoms with E-state index in [4.69, 9.17) is 23.1 Å². The summed E-state index contributed by atoms with van der Waals surface area (Å²) in [5, 5.41) is -0.643. The molecule has 86 valence electrons. The molecule has 1 aromatic rings. The van der Waals surface area contributed by atoms with Crippen LogP contribution in [-0.4, -0.2) is 11.1 Å². The van der Waals surface area contributed by atoms with E-state index in [1.165, 1.54) is 0 Å². The quantitative estimate of drug-likeness (QED) is 0.485. The average molecular weight is 353 g/mol. The molecule has 0 saturated heterocycles. The van der Waals surface area contributed by atoms with E-state index in [2.05, 4.69) is 0 Å². The molecule has 1 rings (SSSR count). The smallest absolute Gasteiger partial charge is 0.253 e. The molecule has 0 aliphatic carbocycles. The number of nitrogen functional groups attached to an aromatic ring is 1. The van der Waals surface area contributed by atoms with Crippen LogP contribution in [0.1, 0.15) is 31.8 Å². The first-order chi connectivity index (χ1) is 7.29. The molecule has 0 saturated carbocycles. The van der Waals surface area contributed by atoms with Gasteiger partial charge in [0.05, 0.1) is 5.56 Å². The second-order valence-corrected chi connectivity index (χ2v) is 4.79. The molecule has 0 aliphatic rings. The largest absolute Gasteiger partial charge is 0.398 e. The molecule has 4 N–H and O–H groups in total. The Morgan fingerprint density at radius 1 is 1.19 bits per heavy atom. The van der Waals surface area contributed by atoms with Gasteiger partial charge in [0.25, 0.3) is 5.24 Å². The van der Waals surface area contributed by atoms with Crippen molar-refractivity contribution in [3.63, 3.8) is 0 Å². The van der Waals surface area contributed by atoms with Crippen LogP contribution in [0.3, 0.4) is 0 Å². The SMILES string of the molecule is Cc1c(N)c(I)c(C(=O)Cl)c(C)c1C(N)=O. The maximum absolute atomic E-state index is 11.3. The van der Waals surface area contributed by atoms with E-state index in [1.807, 2.05) is 22.6 Å². The van der Waals surface area contributed by atoms with E-state index in [1.54, 1.807) is 13.8 Å². The summed E-state index contributed by atoms with van der Waals surface area (Å²) >= 11 is 7.39. The van der Waals surface area contributed by atoms with Crippen LogP contribution in [0.2, 0.25) is 0 Å². The van der Waals surface area contributed by atoms with Gasteiger partial charge < -0.3 is 11.5 Å². The molecular weight excluding hydrogens is 342 g/mol. The van der Waals surface area contributed by atoms with Gasteiger partial charge in [-0.2, -0.15) is 0 Å². The van der Waals surface area contributed by atoms with E-state index >= 15 is 0 Å². The predicted molar refractivity (Wildman–Crippen MR) is 71.7 cm³/mol. The Labute approximate surface area is 111 Å². The van der Waals surface area contributed by atoms with E-state index in [-0.39, 0.29) is 11.1 Å². The van der Waals surface area contributed by atoms with Gasteiger partial charge in [0.15, 0.2) is 0 Å². The van der Waals surface area contributed by atoms with Crippen LogP contribution >= 0.6 is 34.2 Å². The Morgan fingerprint density at radius 2 is 1.69 bits per heavy atom. The number of rotatable bonds is 2. The highest BCUT2D eigenvalue weighted by Gasteiger charge is 2.22. The fraction of sp³-hybridized carbons (Fsp3) is 0.200. The van der Waals surface area contributed by atoms with Crippen molar-refractivity contribution in [2.45, 2.75) is 13.8 Å². The minimum absolute atomic E-state index is 0.249. The molecule has 0 unspecified atom stereocenters. The second kappa shape index (κ2) is 4.58. The molecule has 1 aromatic carbocycles. The van der Waals surface area contributed by atoms with Gasteiger partial charge in [-0.05, 0) is 59.2 Å². The van der Waals surface area contributed by atoms with Gasteiger partial charge >= 0.3 is 0 Å². The van der Waals surface area contributed by atoms with Crippen LogP contribution in [0.5, 0.6) is 0 Å². The van der Waals surface area contributed by atoms with Crippen molar-refractivity contribution in [2.75, 3.05) is 5.73 Å². The fourth-order valence-electron chi connectivity index (χ4n) is 1.61. The number of halogens is 2. The third-order valence-corrected chi connectivity index (χ3v) is 3.74. The maximum Gasteiger partial charge on any atom is 0.253 e. The standard InChI is InChI=1S/C10H10ClIN2O2/c1-3-5(10(14)16)4(2)8(13)7(12)6(3)9(11)15/h13H2,1-2H3,(H2,14,16). The first-order valence-corrected chi connectivity index (χ1v) is 5.82. The van der Waals surface area contributed by atoms with E-state index < -0.39 is 11.1 Å². The Kier molecular flexibility index (Phi) is 3.80. The van der Waals surface area contributed by atoms with Crippen LogP contribution in [0.15, 0.2) is 0 Å². The van der Waals surface area contributed by atoms with Gasteiger partial charge in [-0.1, -0.05) is 0 Å². The summed E-state index contributed by atoms with van der Waals surface area (Å²) in [6.45, 7) is 3.32. The molecule has 16 heavy (non-hydrogen) atoms. The zero-order chi connectivity index (χ0) is 12.6. The van der Waals surface area contributed by atoms with E-state index in [0.717, 1.165) is 0 Å². The van der Waals surface area contributed by atoms with Gasteiger partial charge in [-0.3, -0.25) is 9.59 Å². The molecule has 1 amide bonds. The lowest BCUT2D eigenvalue weighted by atomic mass is 9.96. The number of hydrogen-bond donors (Lipinski definition) is 2. The Morgan fingerprint density at radius 3 is 2.06 bits per heavy atom. The van der Waals surface area contributed by atoms with Crippen molar-refractivity contribution >= 4 is 51.0 Å². The molecule has 0 fully saturated rings. The van der Waals surface area contributed by atoms with E-state index in [0.29, 0.717) is 20.4 Å². The zero-order valence-electron chi connectivity index (χ0n) is 8.73. The van der Waals surface area contributed by atoms with Crippen LogP contribution < -0.4 is 11.5 Å². The fourth-order valence-corrected chi connectivity index (χ4v) is 3.06. The third kappa shape index (κ3) is 2.01. The summed E-state index contributed by atoms with van der Waals surface area (Å²) in [4.78, 5) is 22.6. The van der Waals surface area contributed by atoms with Crippen molar-refractivity contribution in [1.29, 1.82) is 0 Å².